The van der Waals surface area contributed by atoms with Crippen LogP contribution in [0, 0.1) is 0 Å². The van der Waals surface area contributed by atoms with Crippen molar-refractivity contribution in [3.05, 3.63) is 70.8 Å². The summed E-state index contributed by atoms with van der Waals surface area (Å²) in [7, 11) is 0. The highest BCUT2D eigenvalue weighted by atomic mass is 19.4. The summed E-state index contributed by atoms with van der Waals surface area (Å²) in [5, 5.41) is 6.50. The van der Waals surface area contributed by atoms with E-state index in [1.165, 1.54) is 6.07 Å². The zero-order valence-electron chi connectivity index (χ0n) is 18.9. The first kappa shape index (κ1) is 24.5. The van der Waals surface area contributed by atoms with Crippen LogP contribution in [0.5, 0.6) is 0 Å². The zero-order valence-corrected chi connectivity index (χ0v) is 18.9. The molecule has 0 bridgehead atoms. The fraction of sp³-hybridized carbons (Fsp3) is 0.480. The van der Waals surface area contributed by atoms with Gasteiger partial charge in [-0.1, -0.05) is 36.4 Å². The minimum Gasteiger partial charge on any atom is -0.449 e. The molecule has 1 spiro atoms. The molecule has 2 aliphatic heterocycles. The van der Waals surface area contributed by atoms with Gasteiger partial charge in [0, 0.05) is 13.0 Å². The van der Waals surface area contributed by atoms with E-state index >= 15 is 0 Å². The molecule has 0 unspecified atom stereocenters. The van der Waals surface area contributed by atoms with Crippen molar-refractivity contribution in [2.24, 2.45) is 0 Å². The van der Waals surface area contributed by atoms with Crippen LogP contribution in [0.15, 0.2) is 48.5 Å². The number of alkyl halides is 4. The molecule has 9 heteroatoms. The number of hydrogen-bond acceptors (Lipinski definition) is 4. The van der Waals surface area contributed by atoms with Gasteiger partial charge < -0.3 is 20.1 Å². The molecular formula is C25H28F4N2O3. The highest BCUT2D eigenvalue weighted by Crippen LogP contribution is 2.38. The monoisotopic (exact) mass is 480 g/mol. The van der Waals surface area contributed by atoms with Crippen LogP contribution in [0.2, 0.25) is 0 Å². The van der Waals surface area contributed by atoms with Gasteiger partial charge in [-0.05, 0) is 48.6 Å². The summed E-state index contributed by atoms with van der Waals surface area (Å²) >= 11 is 0. The molecule has 2 saturated heterocycles. The molecular weight excluding hydrogens is 452 g/mol. The maximum atomic E-state index is 13.3. The van der Waals surface area contributed by atoms with Gasteiger partial charge in [-0.2, -0.15) is 13.2 Å². The number of alkyl carbamates (subject to hydrolysis) is 1. The van der Waals surface area contributed by atoms with Gasteiger partial charge in [-0.15, -0.1) is 0 Å². The Balaban J connectivity index is 1.54. The van der Waals surface area contributed by atoms with Crippen molar-refractivity contribution in [2.45, 2.75) is 56.2 Å². The van der Waals surface area contributed by atoms with Crippen LogP contribution in [-0.2, 0) is 27.9 Å². The van der Waals surface area contributed by atoms with E-state index < -0.39 is 41.7 Å². The van der Waals surface area contributed by atoms with Crippen molar-refractivity contribution < 1.29 is 31.8 Å². The normalized spacial score (nSPS) is 26.1. The fourth-order valence-corrected chi connectivity index (χ4v) is 4.71. The number of carbonyl (C=O) groups is 1. The molecule has 0 radical (unpaired) electrons. The van der Waals surface area contributed by atoms with Gasteiger partial charge in [0.1, 0.15) is 6.67 Å². The summed E-state index contributed by atoms with van der Waals surface area (Å²) in [6.45, 7) is 1.73. The molecule has 2 aromatic rings. The number of nitrogens with one attached hydrogen (secondary N) is 2. The number of ether oxygens (including phenoxy) is 2. The van der Waals surface area contributed by atoms with E-state index in [2.05, 4.69) is 10.6 Å². The van der Waals surface area contributed by atoms with Crippen LogP contribution in [0.25, 0.3) is 0 Å². The Kier molecular flexibility index (Phi) is 6.87. The van der Waals surface area contributed by atoms with Crippen molar-refractivity contribution in [3.63, 3.8) is 0 Å². The topological polar surface area (TPSA) is 59.6 Å². The molecule has 2 aromatic carbocycles. The number of piperidine rings is 1. The van der Waals surface area contributed by atoms with Gasteiger partial charge in [0.05, 0.1) is 36.0 Å². The maximum Gasteiger partial charge on any atom is 0.416 e. The van der Waals surface area contributed by atoms with Gasteiger partial charge in [-0.3, -0.25) is 0 Å². The van der Waals surface area contributed by atoms with E-state index in [1.807, 2.05) is 30.3 Å². The fourth-order valence-electron chi connectivity index (χ4n) is 4.71. The second kappa shape index (κ2) is 9.54. The molecule has 2 heterocycles. The van der Waals surface area contributed by atoms with Crippen LogP contribution in [0.3, 0.4) is 0 Å². The Morgan fingerprint density at radius 2 is 1.88 bits per heavy atom. The molecule has 1 amide bonds. The first-order valence-electron chi connectivity index (χ1n) is 11.3. The van der Waals surface area contributed by atoms with Crippen molar-refractivity contribution in [3.8, 4) is 0 Å². The summed E-state index contributed by atoms with van der Waals surface area (Å²) in [4.78, 5) is 11.8. The zero-order chi connectivity index (χ0) is 24.4. The largest absolute Gasteiger partial charge is 0.449 e. The molecule has 184 valence electrons. The number of rotatable bonds is 6. The third kappa shape index (κ3) is 5.20. The Morgan fingerprint density at radius 1 is 1.12 bits per heavy atom. The molecule has 34 heavy (non-hydrogen) atoms. The summed E-state index contributed by atoms with van der Waals surface area (Å²) < 4.78 is 64.3. The molecule has 5 nitrogen and oxygen atoms in total. The Hall–Kier alpha value is -2.65. The maximum absolute atomic E-state index is 13.3. The number of benzene rings is 2. The lowest BCUT2D eigenvalue weighted by Gasteiger charge is -2.49. The number of cyclic esters (lactones) is 1. The first-order chi connectivity index (χ1) is 16.1. The SMILES string of the molecule is C[C@@H](OC[C@@]1(c2ccccc2)CC[C@]2(CCOC(=O)N2)CN1)c1cc(CF)cc(C(F)(F)F)c1. The smallest absolute Gasteiger partial charge is 0.416 e. The van der Waals surface area contributed by atoms with Crippen LogP contribution < -0.4 is 10.6 Å². The number of hydrogen-bond donors (Lipinski definition) is 2. The highest BCUT2D eigenvalue weighted by molar-refractivity contribution is 5.69. The average molecular weight is 481 g/mol. The second-order valence-corrected chi connectivity index (χ2v) is 9.14. The highest BCUT2D eigenvalue weighted by Gasteiger charge is 2.46. The minimum absolute atomic E-state index is 0.0361. The lowest BCUT2D eigenvalue weighted by Crippen LogP contribution is -2.66. The van der Waals surface area contributed by atoms with E-state index in [1.54, 1.807) is 6.92 Å². The van der Waals surface area contributed by atoms with E-state index in [9.17, 15) is 22.4 Å². The molecule has 2 fully saturated rings. The summed E-state index contributed by atoms with van der Waals surface area (Å²) in [5.74, 6) is 0. The van der Waals surface area contributed by atoms with Gasteiger partial charge in [0.25, 0.3) is 0 Å². The molecule has 0 saturated carbocycles. The van der Waals surface area contributed by atoms with E-state index in [0.717, 1.165) is 17.7 Å². The average Bonchev–Trinajstić information content (AvgIpc) is 2.83. The van der Waals surface area contributed by atoms with E-state index in [4.69, 9.17) is 9.47 Å². The lowest BCUT2D eigenvalue weighted by atomic mass is 9.75. The third-order valence-corrected chi connectivity index (χ3v) is 6.85. The van der Waals surface area contributed by atoms with Crippen LogP contribution in [0.1, 0.15) is 54.5 Å². The van der Waals surface area contributed by atoms with E-state index in [0.29, 0.717) is 32.4 Å². The Bertz CT molecular complexity index is 1000. The molecule has 0 aromatic heterocycles. The van der Waals surface area contributed by atoms with Crippen LogP contribution in [-0.4, -0.2) is 31.4 Å². The minimum atomic E-state index is -4.57. The van der Waals surface area contributed by atoms with Gasteiger partial charge in [-0.25, -0.2) is 9.18 Å². The van der Waals surface area contributed by atoms with Gasteiger partial charge >= 0.3 is 12.3 Å². The number of halogens is 4. The number of carbonyl (C=O) groups excluding carboxylic acids is 1. The third-order valence-electron chi connectivity index (χ3n) is 6.85. The predicted molar refractivity (Wildman–Crippen MR) is 118 cm³/mol. The Labute approximate surface area is 195 Å². The lowest BCUT2D eigenvalue weighted by molar-refractivity contribution is -0.137. The standard InChI is InChI=1S/C25H28F4N2O3/c1-17(19-11-18(14-26)12-21(13-19)25(27,28)29)34-16-24(20-5-3-2-4-6-20)8-7-23(15-30-24)9-10-33-22(32)31-23/h2-6,11-13,17,30H,7-10,14-16H2,1H3,(H,31,32)/t17-,23+,24-/m1/s1. The van der Waals surface area contributed by atoms with Crippen LogP contribution >= 0.6 is 0 Å². The second-order valence-electron chi connectivity index (χ2n) is 9.14. The first-order valence-corrected chi connectivity index (χ1v) is 11.3. The van der Waals surface area contributed by atoms with Crippen LogP contribution in [0.4, 0.5) is 22.4 Å². The molecule has 2 N–H and O–H groups in total. The quantitative estimate of drug-likeness (QED) is 0.544. The van der Waals surface area contributed by atoms with Crippen molar-refractivity contribution in [2.75, 3.05) is 19.8 Å². The summed E-state index contributed by atoms with van der Waals surface area (Å²) in [6, 6.07) is 13.0. The van der Waals surface area contributed by atoms with Crippen molar-refractivity contribution >= 4 is 6.09 Å². The summed E-state index contributed by atoms with van der Waals surface area (Å²) in [5.41, 5.74) is -0.659. The summed E-state index contributed by atoms with van der Waals surface area (Å²) in [6.07, 6.45) is -3.67. The van der Waals surface area contributed by atoms with Gasteiger partial charge in [0.15, 0.2) is 0 Å². The van der Waals surface area contributed by atoms with E-state index in [-0.39, 0.29) is 17.7 Å². The molecule has 0 aliphatic carbocycles. The molecule has 4 rings (SSSR count). The van der Waals surface area contributed by atoms with Gasteiger partial charge in [0.2, 0.25) is 0 Å². The Morgan fingerprint density at radius 3 is 2.50 bits per heavy atom. The van der Waals surface area contributed by atoms with Crippen molar-refractivity contribution in [1.82, 2.24) is 10.6 Å². The molecule has 2 aliphatic rings. The predicted octanol–water partition coefficient (Wildman–Crippen LogP) is 5.40. The number of amides is 1. The molecule has 3 atom stereocenters. The van der Waals surface area contributed by atoms with Crippen molar-refractivity contribution in [1.29, 1.82) is 0 Å².